The van der Waals surface area contributed by atoms with E-state index in [9.17, 15) is 13.2 Å². The van der Waals surface area contributed by atoms with Gasteiger partial charge in [-0.25, -0.2) is 4.98 Å². The van der Waals surface area contributed by atoms with Crippen molar-refractivity contribution in [2.75, 3.05) is 5.32 Å². The first-order valence-electron chi connectivity index (χ1n) is 5.79. The summed E-state index contributed by atoms with van der Waals surface area (Å²) >= 11 is 0. The average molecular weight is 280 g/mol. The fourth-order valence-corrected chi connectivity index (χ4v) is 1.80. The molecular formula is C13H11F3N4. The number of aromatic nitrogens is 2. The highest BCUT2D eigenvalue weighted by molar-refractivity contribution is 5.53. The molecule has 2 rings (SSSR count). The molecule has 4 nitrogen and oxygen atoms in total. The highest BCUT2D eigenvalue weighted by Gasteiger charge is 2.33. The van der Waals surface area contributed by atoms with E-state index >= 15 is 0 Å². The molecule has 0 amide bonds. The Hall–Kier alpha value is -2.49. The molecular weight excluding hydrogens is 269 g/mol. The lowest BCUT2D eigenvalue weighted by Crippen LogP contribution is -2.12. The Morgan fingerprint density at radius 3 is 2.70 bits per heavy atom. The Bertz CT molecular complexity index is 626. The number of hydrogen-bond donors (Lipinski definition) is 2. The van der Waals surface area contributed by atoms with E-state index in [0.717, 1.165) is 12.1 Å². The van der Waals surface area contributed by atoms with Crippen LogP contribution in [-0.4, -0.2) is 9.97 Å². The molecule has 0 spiro atoms. The van der Waals surface area contributed by atoms with E-state index in [1.165, 1.54) is 6.07 Å². The first kappa shape index (κ1) is 13.9. The van der Waals surface area contributed by atoms with Crippen molar-refractivity contribution in [3.05, 3.63) is 47.5 Å². The molecule has 2 aromatic rings. The van der Waals surface area contributed by atoms with E-state index in [1.807, 2.05) is 0 Å². The number of rotatable bonds is 3. The second-order valence-electron chi connectivity index (χ2n) is 4.21. The molecule has 0 saturated carbocycles. The number of benzene rings is 1. The molecule has 0 aliphatic heterocycles. The topological polar surface area (TPSA) is 64.5 Å². The smallest absolute Gasteiger partial charge is 0.375 e. The lowest BCUT2D eigenvalue weighted by atomic mass is 10.1. The van der Waals surface area contributed by atoms with Crippen LogP contribution in [0.3, 0.4) is 0 Å². The molecule has 0 fully saturated rings. The third-order valence-electron chi connectivity index (χ3n) is 2.76. The van der Waals surface area contributed by atoms with Crippen molar-refractivity contribution in [2.24, 2.45) is 0 Å². The van der Waals surface area contributed by atoms with Crippen molar-refractivity contribution in [1.29, 1.82) is 5.26 Å². The predicted molar refractivity (Wildman–Crippen MR) is 66.8 cm³/mol. The zero-order valence-corrected chi connectivity index (χ0v) is 10.5. The molecule has 1 heterocycles. The number of alkyl halides is 3. The van der Waals surface area contributed by atoms with Gasteiger partial charge in [-0.1, -0.05) is 0 Å². The van der Waals surface area contributed by atoms with Crippen LogP contribution < -0.4 is 5.32 Å². The van der Waals surface area contributed by atoms with Gasteiger partial charge in [-0.2, -0.15) is 18.4 Å². The summed E-state index contributed by atoms with van der Waals surface area (Å²) < 4.78 is 38.5. The van der Waals surface area contributed by atoms with E-state index in [4.69, 9.17) is 5.26 Å². The summed E-state index contributed by atoms with van der Waals surface area (Å²) in [5, 5.41) is 11.6. The number of imidazole rings is 1. The van der Waals surface area contributed by atoms with E-state index < -0.39 is 17.3 Å². The van der Waals surface area contributed by atoms with E-state index in [-0.39, 0.29) is 11.7 Å². The summed E-state index contributed by atoms with van der Waals surface area (Å²) in [6.45, 7) is 1.77. The molecule has 0 saturated heterocycles. The summed E-state index contributed by atoms with van der Waals surface area (Å²) in [6, 6.07) is 4.78. The molecule has 0 aliphatic rings. The van der Waals surface area contributed by atoms with Gasteiger partial charge in [-0.15, -0.1) is 0 Å². The van der Waals surface area contributed by atoms with Crippen molar-refractivity contribution in [3.63, 3.8) is 0 Å². The number of nitrogens with one attached hydrogen (secondary N) is 2. The first-order valence-corrected chi connectivity index (χ1v) is 5.79. The van der Waals surface area contributed by atoms with Crippen LogP contribution in [0.2, 0.25) is 0 Å². The summed E-state index contributed by atoms with van der Waals surface area (Å²) in [6.07, 6.45) is -1.36. The number of hydrogen-bond acceptors (Lipinski definition) is 3. The van der Waals surface area contributed by atoms with Gasteiger partial charge in [0.2, 0.25) is 0 Å². The maximum absolute atomic E-state index is 12.8. The van der Waals surface area contributed by atoms with Gasteiger partial charge in [0.25, 0.3) is 0 Å². The van der Waals surface area contributed by atoms with Gasteiger partial charge in [0.15, 0.2) is 0 Å². The number of aromatic amines is 1. The second-order valence-corrected chi connectivity index (χ2v) is 4.21. The van der Waals surface area contributed by atoms with E-state index in [1.54, 1.807) is 25.4 Å². The van der Waals surface area contributed by atoms with Crippen molar-refractivity contribution < 1.29 is 13.2 Å². The summed E-state index contributed by atoms with van der Waals surface area (Å²) in [7, 11) is 0. The minimum Gasteiger partial charge on any atom is -0.375 e. The SMILES string of the molecule is CC(Nc1ccc(C#N)c(C(F)(F)F)c1)c1ncc[nH]1. The zero-order chi connectivity index (χ0) is 14.8. The van der Waals surface area contributed by atoms with Crippen LogP contribution in [0.4, 0.5) is 18.9 Å². The molecule has 0 aliphatic carbocycles. The van der Waals surface area contributed by atoms with E-state index in [0.29, 0.717) is 5.82 Å². The fourth-order valence-electron chi connectivity index (χ4n) is 1.80. The van der Waals surface area contributed by atoms with Gasteiger partial charge in [0, 0.05) is 18.1 Å². The van der Waals surface area contributed by atoms with Gasteiger partial charge in [0.1, 0.15) is 5.82 Å². The maximum atomic E-state index is 12.8. The fraction of sp³-hybridized carbons (Fsp3) is 0.231. The standard InChI is InChI=1S/C13H11F3N4/c1-8(12-18-4-5-19-12)20-10-3-2-9(7-17)11(6-10)13(14,15)16/h2-6,8,20H,1H3,(H,18,19). The first-order chi connectivity index (χ1) is 9.41. The number of anilines is 1. The Kier molecular flexibility index (Phi) is 3.66. The zero-order valence-electron chi connectivity index (χ0n) is 10.5. The van der Waals surface area contributed by atoms with Crippen LogP contribution >= 0.6 is 0 Å². The van der Waals surface area contributed by atoms with Crippen LogP contribution in [-0.2, 0) is 6.18 Å². The average Bonchev–Trinajstić information content (AvgIpc) is 2.91. The summed E-state index contributed by atoms with van der Waals surface area (Å²) in [5.41, 5.74) is -1.06. The number of nitriles is 1. The lowest BCUT2D eigenvalue weighted by Gasteiger charge is -2.15. The van der Waals surface area contributed by atoms with Gasteiger partial charge >= 0.3 is 6.18 Å². The molecule has 1 aromatic heterocycles. The quantitative estimate of drug-likeness (QED) is 0.904. The third kappa shape index (κ3) is 2.91. The van der Waals surface area contributed by atoms with Crippen LogP contribution in [0.25, 0.3) is 0 Å². The Morgan fingerprint density at radius 2 is 2.15 bits per heavy atom. The number of nitrogens with zero attached hydrogens (tertiary/aromatic N) is 2. The van der Waals surface area contributed by atoms with Crippen molar-refractivity contribution in [1.82, 2.24) is 9.97 Å². The van der Waals surface area contributed by atoms with Gasteiger partial charge < -0.3 is 10.3 Å². The van der Waals surface area contributed by atoms with Crippen LogP contribution in [0, 0.1) is 11.3 Å². The minimum atomic E-state index is -4.56. The molecule has 2 N–H and O–H groups in total. The third-order valence-corrected chi connectivity index (χ3v) is 2.76. The minimum absolute atomic E-state index is 0.278. The maximum Gasteiger partial charge on any atom is 0.417 e. The van der Waals surface area contributed by atoms with Gasteiger partial charge in [-0.3, -0.25) is 0 Å². The Labute approximate surface area is 113 Å². The monoisotopic (exact) mass is 280 g/mol. The van der Waals surface area contributed by atoms with Crippen molar-refractivity contribution in [3.8, 4) is 6.07 Å². The molecule has 20 heavy (non-hydrogen) atoms. The number of H-pyrrole nitrogens is 1. The van der Waals surface area contributed by atoms with Crippen molar-refractivity contribution in [2.45, 2.75) is 19.1 Å². The van der Waals surface area contributed by atoms with Crippen LogP contribution in [0.5, 0.6) is 0 Å². The highest BCUT2D eigenvalue weighted by atomic mass is 19.4. The highest BCUT2D eigenvalue weighted by Crippen LogP contribution is 2.34. The largest absolute Gasteiger partial charge is 0.417 e. The molecule has 104 valence electrons. The van der Waals surface area contributed by atoms with E-state index in [2.05, 4.69) is 15.3 Å². The Morgan fingerprint density at radius 1 is 1.40 bits per heavy atom. The molecule has 1 unspecified atom stereocenters. The predicted octanol–water partition coefficient (Wildman–Crippen LogP) is 3.47. The van der Waals surface area contributed by atoms with Crippen molar-refractivity contribution >= 4 is 5.69 Å². The lowest BCUT2D eigenvalue weighted by molar-refractivity contribution is -0.137. The summed E-state index contributed by atoms with van der Waals surface area (Å²) in [5.74, 6) is 0.614. The molecule has 7 heteroatoms. The summed E-state index contributed by atoms with van der Waals surface area (Å²) in [4.78, 5) is 6.90. The molecule has 1 atom stereocenters. The Balaban J connectivity index is 2.28. The number of halogens is 3. The normalized spacial score (nSPS) is 12.8. The molecule has 0 radical (unpaired) electrons. The van der Waals surface area contributed by atoms with Crippen LogP contribution in [0.15, 0.2) is 30.6 Å². The van der Waals surface area contributed by atoms with Crippen LogP contribution in [0.1, 0.15) is 29.9 Å². The molecule has 0 bridgehead atoms. The second kappa shape index (κ2) is 5.25. The molecule has 1 aromatic carbocycles. The van der Waals surface area contributed by atoms with Gasteiger partial charge in [-0.05, 0) is 25.1 Å². The van der Waals surface area contributed by atoms with Gasteiger partial charge in [0.05, 0.1) is 23.2 Å².